The molecule has 112 valence electrons. The van der Waals surface area contributed by atoms with Crippen LogP contribution in [-0.4, -0.2) is 38.0 Å². The highest BCUT2D eigenvalue weighted by atomic mass is 16.5. The summed E-state index contributed by atoms with van der Waals surface area (Å²) in [7, 11) is 4.71. The molecule has 7 nitrogen and oxygen atoms in total. The van der Waals surface area contributed by atoms with Crippen LogP contribution in [0.25, 0.3) is 11.4 Å². The zero-order valence-electron chi connectivity index (χ0n) is 12.2. The summed E-state index contributed by atoms with van der Waals surface area (Å²) in [6.07, 6.45) is 1.01. The molecule has 1 aromatic carbocycles. The topological polar surface area (TPSA) is 78.6 Å². The van der Waals surface area contributed by atoms with Gasteiger partial charge in [-0.1, -0.05) is 5.16 Å². The van der Waals surface area contributed by atoms with Crippen molar-refractivity contribution in [2.45, 2.75) is 12.5 Å². The summed E-state index contributed by atoms with van der Waals surface area (Å²) in [5.74, 6) is 2.75. The number of rotatable bonds is 5. The Morgan fingerprint density at radius 1 is 1.14 bits per heavy atom. The zero-order chi connectivity index (χ0) is 14.8. The van der Waals surface area contributed by atoms with Crippen LogP contribution in [-0.2, 0) is 0 Å². The fraction of sp³-hybridized carbons (Fsp3) is 0.429. The highest BCUT2D eigenvalue weighted by Gasteiger charge is 2.25. The van der Waals surface area contributed by atoms with Gasteiger partial charge in [0.25, 0.3) is 0 Å². The SMILES string of the molecule is COc1cc(-c2noc([C@H]3CCN3)n2)cc(OC)c1OC. The molecule has 3 rings (SSSR count). The molecule has 0 radical (unpaired) electrons. The molecule has 1 aliphatic rings. The van der Waals surface area contributed by atoms with E-state index >= 15 is 0 Å². The van der Waals surface area contributed by atoms with Crippen LogP contribution in [0.5, 0.6) is 17.2 Å². The standard InChI is InChI=1S/C14H17N3O4/c1-18-10-6-8(7-11(19-2)12(10)20-3)13-16-14(21-17-13)9-4-5-15-9/h6-7,9,15H,4-5H2,1-3H3/t9-/m1/s1. The monoisotopic (exact) mass is 291 g/mol. The largest absolute Gasteiger partial charge is 0.493 e. The third-order valence-corrected chi connectivity index (χ3v) is 3.49. The average molecular weight is 291 g/mol. The van der Waals surface area contributed by atoms with Crippen LogP contribution in [0.3, 0.4) is 0 Å². The van der Waals surface area contributed by atoms with Crippen molar-refractivity contribution in [3.63, 3.8) is 0 Å². The number of nitrogens with one attached hydrogen (secondary N) is 1. The first-order chi connectivity index (χ1) is 10.3. The highest BCUT2D eigenvalue weighted by molar-refractivity contribution is 5.66. The van der Waals surface area contributed by atoms with Crippen LogP contribution in [0, 0.1) is 0 Å². The number of aromatic nitrogens is 2. The summed E-state index contributed by atoms with van der Waals surface area (Å²) in [4.78, 5) is 4.42. The molecule has 1 N–H and O–H groups in total. The molecular formula is C14H17N3O4. The lowest BCUT2D eigenvalue weighted by Gasteiger charge is -2.23. The minimum atomic E-state index is 0.160. The van der Waals surface area contributed by atoms with Gasteiger partial charge >= 0.3 is 0 Å². The normalized spacial score (nSPS) is 17.2. The van der Waals surface area contributed by atoms with Crippen molar-refractivity contribution in [3.8, 4) is 28.6 Å². The van der Waals surface area contributed by atoms with E-state index in [1.807, 2.05) is 0 Å². The molecule has 1 aliphatic heterocycles. The summed E-state index contributed by atoms with van der Waals surface area (Å²) >= 11 is 0. The summed E-state index contributed by atoms with van der Waals surface area (Å²) in [6, 6.07) is 3.75. The Labute approximate surface area is 122 Å². The van der Waals surface area contributed by atoms with Gasteiger partial charge in [0, 0.05) is 5.56 Å². The Morgan fingerprint density at radius 2 is 1.81 bits per heavy atom. The lowest BCUT2D eigenvalue weighted by atomic mass is 10.1. The van der Waals surface area contributed by atoms with Crippen molar-refractivity contribution >= 4 is 0 Å². The molecule has 7 heteroatoms. The molecule has 1 saturated heterocycles. The van der Waals surface area contributed by atoms with Gasteiger partial charge in [-0.05, 0) is 25.1 Å². The molecule has 1 atom stereocenters. The van der Waals surface area contributed by atoms with E-state index < -0.39 is 0 Å². The molecule has 2 heterocycles. The van der Waals surface area contributed by atoms with E-state index in [4.69, 9.17) is 18.7 Å². The number of hydrogen-bond acceptors (Lipinski definition) is 7. The maximum Gasteiger partial charge on any atom is 0.244 e. The minimum absolute atomic E-state index is 0.160. The molecule has 0 aliphatic carbocycles. The molecule has 1 aromatic heterocycles. The third-order valence-electron chi connectivity index (χ3n) is 3.49. The second-order valence-corrected chi connectivity index (χ2v) is 4.67. The molecule has 21 heavy (non-hydrogen) atoms. The van der Waals surface area contributed by atoms with Crippen LogP contribution in [0.2, 0.25) is 0 Å². The molecule has 1 fully saturated rings. The van der Waals surface area contributed by atoms with E-state index in [1.54, 1.807) is 33.5 Å². The van der Waals surface area contributed by atoms with Crippen LogP contribution in [0.15, 0.2) is 16.7 Å². The number of methoxy groups -OCH3 is 3. The van der Waals surface area contributed by atoms with E-state index in [-0.39, 0.29) is 6.04 Å². The first-order valence-corrected chi connectivity index (χ1v) is 6.64. The van der Waals surface area contributed by atoms with Crippen molar-refractivity contribution < 1.29 is 18.7 Å². The zero-order valence-corrected chi connectivity index (χ0v) is 12.2. The molecule has 0 saturated carbocycles. The van der Waals surface area contributed by atoms with Gasteiger partial charge in [0.2, 0.25) is 17.5 Å². The van der Waals surface area contributed by atoms with Crippen LogP contribution < -0.4 is 19.5 Å². The Morgan fingerprint density at radius 3 is 2.29 bits per heavy atom. The molecule has 0 bridgehead atoms. The second-order valence-electron chi connectivity index (χ2n) is 4.67. The Hall–Kier alpha value is -2.28. The quantitative estimate of drug-likeness (QED) is 0.899. The lowest BCUT2D eigenvalue weighted by Crippen LogP contribution is -2.35. The predicted octanol–water partition coefficient (Wildman–Crippen LogP) is 1.80. The third kappa shape index (κ3) is 2.40. The first kappa shape index (κ1) is 13.7. The fourth-order valence-electron chi connectivity index (χ4n) is 2.20. The van der Waals surface area contributed by atoms with Gasteiger partial charge < -0.3 is 24.1 Å². The number of ether oxygens (including phenoxy) is 3. The van der Waals surface area contributed by atoms with E-state index in [1.165, 1.54) is 0 Å². The van der Waals surface area contributed by atoms with Crippen molar-refractivity contribution in [2.75, 3.05) is 27.9 Å². The highest BCUT2D eigenvalue weighted by Crippen LogP contribution is 2.40. The van der Waals surface area contributed by atoms with Gasteiger partial charge in [-0.2, -0.15) is 4.98 Å². The molecule has 0 amide bonds. The van der Waals surface area contributed by atoms with Crippen LogP contribution >= 0.6 is 0 Å². The number of hydrogen-bond donors (Lipinski definition) is 1. The van der Waals surface area contributed by atoms with E-state index in [2.05, 4.69) is 15.5 Å². The van der Waals surface area contributed by atoms with E-state index in [0.29, 0.717) is 29.0 Å². The smallest absolute Gasteiger partial charge is 0.244 e. The van der Waals surface area contributed by atoms with Crippen molar-refractivity contribution in [1.82, 2.24) is 15.5 Å². The first-order valence-electron chi connectivity index (χ1n) is 6.64. The summed E-state index contributed by atoms with van der Waals surface area (Å²) in [5.41, 5.74) is 0.749. The van der Waals surface area contributed by atoms with Crippen LogP contribution in [0.1, 0.15) is 18.4 Å². The van der Waals surface area contributed by atoms with Gasteiger partial charge in [-0.25, -0.2) is 0 Å². The van der Waals surface area contributed by atoms with Gasteiger partial charge in [-0.15, -0.1) is 0 Å². The lowest BCUT2D eigenvalue weighted by molar-refractivity contribution is 0.273. The van der Waals surface area contributed by atoms with Gasteiger partial charge in [0.05, 0.1) is 27.4 Å². The number of nitrogens with zero attached hydrogens (tertiary/aromatic N) is 2. The summed E-state index contributed by atoms with van der Waals surface area (Å²) in [5, 5.41) is 7.24. The Bertz CT molecular complexity index is 612. The van der Waals surface area contributed by atoms with Crippen LogP contribution in [0.4, 0.5) is 0 Å². The van der Waals surface area contributed by atoms with Gasteiger partial charge in [-0.3, -0.25) is 0 Å². The maximum absolute atomic E-state index is 5.32. The van der Waals surface area contributed by atoms with Crippen molar-refractivity contribution in [1.29, 1.82) is 0 Å². The molecule has 2 aromatic rings. The molecular weight excluding hydrogens is 274 g/mol. The second kappa shape index (κ2) is 5.61. The predicted molar refractivity (Wildman–Crippen MR) is 74.8 cm³/mol. The van der Waals surface area contributed by atoms with E-state index in [9.17, 15) is 0 Å². The minimum Gasteiger partial charge on any atom is -0.493 e. The summed E-state index contributed by atoms with van der Waals surface area (Å²) in [6.45, 7) is 0.979. The maximum atomic E-state index is 5.32. The molecule has 0 unspecified atom stereocenters. The van der Waals surface area contributed by atoms with Gasteiger partial charge in [0.15, 0.2) is 11.5 Å². The van der Waals surface area contributed by atoms with Crippen molar-refractivity contribution in [3.05, 3.63) is 18.0 Å². The Balaban J connectivity index is 1.99. The van der Waals surface area contributed by atoms with E-state index in [0.717, 1.165) is 18.5 Å². The number of benzene rings is 1. The van der Waals surface area contributed by atoms with Gasteiger partial charge in [0.1, 0.15) is 0 Å². The average Bonchev–Trinajstić information content (AvgIpc) is 2.93. The Kier molecular flexibility index (Phi) is 3.66. The summed E-state index contributed by atoms with van der Waals surface area (Å²) < 4.78 is 21.2. The fourth-order valence-corrected chi connectivity index (χ4v) is 2.20. The van der Waals surface area contributed by atoms with Crippen molar-refractivity contribution in [2.24, 2.45) is 0 Å². The molecule has 0 spiro atoms.